The van der Waals surface area contributed by atoms with Crippen molar-refractivity contribution in [2.75, 3.05) is 35.9 Å². The minimum Gasteiger partial charge on any atom is -0.497 e. The number of ether oxygens (including phenoxy) is 2. The number of rotatable bonds is 9. The average molecular weight is 447 g/mol. The lowest BCUT2D eigenvalue weighted by atomic mass is 10.2. The number of anilines is 2. The minimum atomic E-state index is -3.82. The van der Waals surface area contributed by atoms with E-state index in [0.29, 0.717) is 16.6 Å². The number of methoxy groups -OCH3 is 2. The molecule has 0 fully saturated rings. The zero-order chi connectivity index (χ0) is 20.9. The zero-order valence-electron chi connectivity index (χ0n) is 16.1. The Morgan fingerprint density at radius 3 is 2.61 bits per heavy atom. The number of aromatic nitrogens is 2. The first-order chi connectivity index (χ1) is 13.2. The Labute approximate surface area is 172 Å². The van der Waals surface area contributed by atoms with Crippen LogP contribution in [0.4, 0.5) is 10.8 Å². The number of nitrogens with one attached hydrogen (secondary N) is 1. The van der Waals surface area contributed by atoms with Crippen LogP contribution in [0.5, 0.6) is 11.5 Å². The largest absolute Gasteiger partial charge is 0.497 e. The maximum Gasteiger partial charge on any atom is 0.249 e. The number of sulfonamides is 1. The van der Waals surface area contributed by atoms with Crippen molar-refractivity contribution in [1.82, 2.24) is 10.2 Å². The summed E-state index contributed by atoms with van der Waals surface area (Å²) in [5.41, 5.74) is 0.200. The molecule has 0 radical (unpaired) electrons. The Balaban J connectivity index is 2.36. The molecule has 0 spiro atoms. The highest BCUT2D eigenvalue weighted by Crippen LogP contribution is 2.35. The molecule has 1 heterocycles. The Bertz CT molecular complexity index is 932. The van der Waals surface area contributed by atoms with E-state index in [1.807, 2.05) is 6.92 Å². The first kappa shape index (κ1) is 22.2. The van der Waals surface area contributed by atoms with Gasteiger partial charge in [-0.2, -0.15) is 0 Å². The monoisotopic (exact) mass is 446 g/mol. The van der Waals surface area contributed by atoms with Gasteiger partial charge in [0.05, 0.1) is 26.2 Å². The van der Waals surface area contributed by atoms with Gasteiger partial charge in [0.2, 0.25) is 21.1 Å². The second-order valence-electron chi connectivity index (χ2n) is 5.57. The van der Waals surface area contributed by atoms with E-state index in [-0.39, 0.29) is 5.69 Å². The van der Waals surface area contributed by atoms with Crippen LogP contribution in [-0.4, -0.2) is 56.8 Å². The number of nitrogens with zero attached hydrogens (tertiary/aromatic N) is 3. The fourth-order valence-electron chi connectivity index (χ4n) is 2.40. The summed E-state index contributed by atoms with van der Waals surface area (Å²) in [6.45, 7) is 3.47. The van der Waals surface area contributed by atoms with Crippen molar-refractivity contribution >= 4 is 49.8 Å². The van der Waals surface area contributed by atoms with Crippen LogP contribution in [0.2, 0.25) is 0 Å². The third-order valence-corrected chi connectivity index (χ3v) is 6.70. The minimum absolute atomic E-state index is 0.200. The third kappa shape index (κ3) is 5.26. The number of hydrogen-bond donors (Lipinski definition) is 1. The number of carbonyl (C=O) groups excluding carboxylic acids is 1. The van der Waals surface area contributed by atoms with Crippen molar-refractivity contribution in [2.24, 2.45) is 0 Å². The second kappa shape index (κ2) is 9.43. The summed E-state index contributed by atoms with van der Waals surface area (Å²) in [4.78, 5) is 12.7. The van der Waals surface area contributed by atoms with Gasteiger partial charge in [-0.1, -0.05) is 30.0 Å². The standard InChI is InChI=1S/C16H22N4O5S3/c1-6-26-16-19-18-15(27-16)17-14(21)10(2)20(28(5,22)23)12-9-11(24-3)7-8-13(12)25-4/h7-10H,6H2,1-5H3,(H,17,18,21)/t10-/m1/s1. The average Bonchev–Trinajstić information content (AvgIpc) is 3.07. The maximum atomic E-state index is 12.7. The van der Waals surface area contributed by atoms with Crippen molar-refractivity contribution in [2.45, 2.75) is 24.2 Å². The summed E-state index contributed by atoms with van der Waals surface area (Å²) >= 11 is 2.73. The molecule has 1 aromatic heterocycles. The molecule has 1 atom stereocenters. The molecule has 0 aliphatic heterocycles. The molecule has 0 aliphatic rings. The number of amides is 1. The molecule has 1 aromatic carbocycles. The summed E-state index contributed by atoms with van der Waals surface area (Å²) in [7, 11) is -0.928. The van der Waals surface area contributed by atoms with Gasteiger partial charge in [0.1, 0.15) is 17.5 Å². The van der Waals surface area contributed by atoms with Crippen molar-refractivity contribution in [3.05, 3.63) is 18.2 Å². The van der Waals surface area contributed by atoms with E-state index in [0.717, 1.165) is 20.7 Å². The summed E-state index contributed by atoms with van der Waals surface area (Å²) in [5, 5.41) is 10.8. The molecule has 0 bridgehead atoms. The summed E-state index contributed by atoms with van der Waals surface area (Å²) < 4.78 is 37.2. The molecular weight excluding hydrogens is 424 g/mol. The lowest BCUT2D eigenvalue weighted by Crippen LogP contribution is -2.45. The SMILES string of the molecule is CCSc1nnc(NC(=O)[C@@H](C)N(c2cc(OC)ccc2OC)S(C)(=O)=O)s1. The number of thioether (sulfide) groups is 1. The van der Waals surface area contributed by atoms with Gasteiger partial charge < -0.3 is 9.47 Å². The van der Waals surface area contributed by atoms with Crippen molar-refractivity contribution in [3.63, 3.8) is 0 Å². The normalized spacial score (nSPS) is 12.3. The molecule has 0 saturated heterocycles. The van der Waals surface area contributed by atoms with E-state index in [1.54, 1.807) is 12.1 Å². The van der Waals surface area contributed by atoms with Crippen molar-refractivity contribution in [3.8, 4) is 11.5 Å². The number of hydrogen-bond acceptors (Lipinski definition) is 9. The van der Waals surface area contributed by atoms with Crippen LogP contribution in [0.25, 0.3) is 0 Å². The van der Waals surface area contributed by atoms with Gasteiger partial charge in [0, 0.05) is 6.07 Å². The van der Waals surface area contributed by atoms with Crippen LogP contribution < -0.4 is 19.1 Å². The quantitative estimate of drug-likeness (QED) is 0.462. The summed E-state index contributed by atoms with van der Waals surface area (Å²) in [6, 6.07) is 3.66. The van der Waals surface area contributed by atoms with Crippen LogP contribution in [-0.2, 0) is 14.8 Å². The zero-order valence-corrected chi connectivity index (χ0v) is 18.6. The smallest absolute Gasteiger partial charge is 0.249 e. The van der Waals surface area contributed by atoms with Crippen LogP contribution in [0.1, 0.15) is 13.8 Å². The molecule has 0 unspecified atom stereocenters. The van der Waals surface area contributed by atoms with Gasteiger partial charge in [-0.25, -0.2) is 8.42 Å². The molecule has 0 aliphatic carbocycles. The van der Waals surface area contributed by atoms with E-state index in [4.69, 9.17) is 9.47 Å². The second-order valence-corrected chi connectivity index (χ2v) is 9.92. The van der Waals surface area contributed by atoms with E-state index in [9.17, 15) is 13.2 Å². The molecule has 9 nitrogen and oxygen atoms in total. The molecular formula is C16H22N4O5S3. The molecule has 0 saturated carbocycles. The van der Waals surface area contributed by atoms with E-state index < -0.39 is 22.0 Å². The Morgan fingerprint density at radius 1 is 1.32 bits per heavy atom. The van der Waals surface area contributed by atoms with Crippen LogP contribution in [0.15, 0.2) is 22.5 Å². The van der Waals surface area contributed by atoms with E-state index in [1.165, 1.54) is 50.3 Å². The summed E-state index contributed by atoms with van der Waals surface area (Å²) in [5.74, 6) is 1.02. The first-order valence-corrected chi connectivity index (χ1v) is 11.8. The molecule has 2 aromatic rings. The number of carbonyl (C=O) groups is 1. The van der Waals surface area contributed by atoms with Gasteiger partial charge >= 0.3 is 0 Å². The Kier molecular flexibility index (Phi) is 7.49. The fourth-order valence-corrected chi connectivity index (χ4v) is 5.22. The molecule has 28 heavy (non-hydrogen) atoms. The molecule has 2 rings (SSSR count). The highest BCUT2D eigenvalue weighted by molar-refractivity contribution is 8.01. The van der Waals surface area contributed by atoms with Gasteiger partial charge in [-0.05, 0) is 24.8 Å². The van der Waals surface area contributed by atoms with Crippen molar-refractivity contribution < 1.29 is 22.7 Å². The Morgan fingerprint density at radius 2 is 2.04 bits per heavy atom. The maximum absolute atomic E-state index is 12.7. The molecule has 154 valence electrons. The van der Waals surface area contributed by atoms with Crippen LogP contribution in [0.3, 0.4) is 0 Å². The van der Waals surface area contributed by atoms with Crippen LogP contribution in [0, 0.1) is 0 Å². The highest BCUT2D eigenvalue weighted by atomic mass is 32.2. The van der Waals surface area contributed by atoms with Gasteiger partial charge in [0.15, 0.2) is 4.34 Å². The van der Waals surface area contributed by atoms with Crippen molar-refractivity contribution in [1.29, 1.82) is 0 Å². The van der Waals surface area contributed by atoms with Gasteiger partial charge in [0.25, 0.3) is 0 Å². The van der Waals surface area contributed by atoms with E-state index >= 15 is 0 Å². The predicted molar refractivity (Wildman–Crippen MR) is 111 cm³/mol. The first-order valence-electron chi connectivity index (χ1n) is 8.19. The van der Waals surface area contributed by atoms with Crippen LogP contribution >= 0.6 is 23.1 Å². The highest BCUT2D eigenvalue weighted by Gasteiger charge is 2.32. The number of benzene rings is 1. The Hall–Kier alpha value is -2.05. The topological polar surface area (TPSA) is 111 Å². The molecule has 1 amide bonds. The lowest BCUT2D eigenvalue weighted by Gasteiger charge is -2.29. The van der Waals surface area contributed by atoms with E-state index in [2.05, 4.69) is 15.5 Å². The predicted octanol–water partition coefficient (Wildman–Crippen LogP) is 2.46. The summed E-state index contributed by atoms with van der Waals surface area (Å²) in [6.07, 6.45) is 1.02. The fraction of sp³-hybridized carbons (Fsp3) is 0.438. The lowest BCUT2D eigenvalue weighted by molar-refractivity contribution is -0.116. The van der Waals surface area contributed by atoms with Gasteiger partial charge in [-0.3, -0.25) is 14.4 Å². The van der Waals surface area contributed by atoms with Gasteiger partial charge in [-0.15, -0.1) is 10.2 Å². The molecule has 12 heteroatoms. The molecule has 1 N–H and O–H groups in total. The third-order valence-electron chi connectivity index (χ3n) is 3.62.